The van der Waals surface area contributed by atoms with Crippen LogP contribution in [0.1, 0.15) is 27.9 Å². The number of halogens is 1. The van der Waals surface area contributed by atoms with Gasteiger partial charge in [0.1, 0.15) is 28.4 Å². The number of benzene rings is 2. The molecule has 1 unspecified atom stereocenters. The van der Waals surface area contributed by atoms with Gasteiger partial charge in [-0.1, -0.05) is 30.3 Å². The van der Waals surface area contributed by atoms with Crippen molar-refractivity contribution in [3.8, 4) is 10.6 Å². The van der Waals surface area contributed by atoms with Gasteiger partial charge in [0.25, 0.3) is 5.91 Å². The molecule has 5 nitrogen and oxygen atoms in total. The van der Waals surface area contributed by atoms with Crippen molar-refractivity contribution < 1.29 is 9.18 Å². The Morgan fingerprint density at radius 2 is 1.89 bits per heavy atom. The zero-order chi connectivity index (χ0) is 19.5. The number of nitrogens with one attached hydrogen (secondary N) is 1. The molecule has 2 aromatic heterocycles. The lowest BCUT2D eigenvalue weighted by molar-refractivity contribution is 0.0937. The summed E-state index contributed by atoms with van der Waals surface area (Å²) in [5.74, 6) is 0.133. The Labute approximate surface area is 165 Å². The van der Waals surface area contributed by atoms with Gasteiger partial charge in [-0.2, -0.15) is 0 Å². The van der Waals surface area contributed by atoms with Crippen molar-refractivity contribution in [2.24, 2.45) is 7.05 Å². The number of aryl methyl sites for hydroxylation is 1. The fraction of sp³-hybridized carbons (Fsp3) is 0.0952. The maximum absolute atomic E-state index is 13.1. The number of rotatable bonds is 5. The number of nitrogens with zero attached hydrogens (tertiary/aromatic N) is 3. The molecular weight excluding hydrogens is 375 g/mol. The summed E-state index contributed by atoms with van der Waals surface area (Å²) in [7, 11) is 1.89. The molecule has 1 amide bonds. The minimum absolute atomic E-state index is 0.290. The van der Waals surface area contributed by atoms with Crippen LogP contribution in [0.2, 0.25) is 0 Å². The summed E-state index contributed by atoms with van der Waals surface area (Å²) in [6.07, 6.45) is 3.54. The molecule has 7 heteroatoms. The largest absolute Gasteiger partial charge is 0.337 e. The molecule has 0 bridgehead atoms. The summed E-state index contributed by atoms with van der Waals surface area (Å²) < 4.78 is 15.0. The molecule has 0 aliphatic rings. The van der Waals surface area contributed by atoms with Crippen molar-refractivity contribution in [2.75, 3.05) is 0 Å². The van der Waals surface area contributed by atoms with Crippen LogP contribution in [0.3, 0.4) is 0 Å². The van der Waals surface area contributed by atoms with Gasteiger partial charge in [-0.3, -0.25) is 4.79 Å². The van der Waals surface area contributed by atoms with E-state index < -0.39 is 6.04 Å². The molecule has 0 saturated carbocycles. The molecular formula is C21H17FN4OS. The lowest BCUT2D eigenvalue weighted by Crippen LogP contribution is -2.31. The molecule has 1 atom stereocenters. The smallest absolute Gasteiger partial charge is 0.271 e. The number of hydrogen-bond acceptors (Lipinski definition) is 4. The molecule has 28 heavy (non-hydrogen) atoms. The highest BCUT2D eigenvalue weighted by Gasteiger charge is 2.22. The van der Waals surface area contributed by atoms with Crippen LogP contribution in [0.15, 0.2) is 72.4 Å². The van der Waals surface area contributed by atoms with Crippen LogP contribution >= 0.6 is 11.3 Å². The number of thiazole rings is 1. The van der Waals surface area contributed by atoms with Crippen LogP contribution < -0.4 is 5.32 Å². The minimum Gasteiger partial charge on any atom is -0.337 e. The SMILES string of the molecule is Cn1ccnc1C(NC(=O)c1csc(-c2ccc(F)cc2)n1)c1ccccc1. The topological polar surface area (TPSA) is 59.8 Å². The molecule has 0 saturated heterocycles. The molecule has 140 valence electrons. The van der Waals surface area contributed by atoms with Gasteiger partial charge in [0, 0.05) is 30.4 Å². The van der Waals surface area contributed by atoms with E-state index in [0.29, 0.717) is 10.7 Å². The highest BCUT2D eigenvalue weighted by Crippen LogP contribution is 2.25. The Hall–Kier alpha value is -3.32. The number of carbonyl (C=O) groups excluding carboxylic acids is 1. The van der Waals surface area contributed by atoms with Crippen molar-refractivity contribution >= 4 is 17.2 Å². The quantitative estimate of drug-likeness (QED) is 0.554. The van der Waals surface area contributed by atoms with Crippen LogP contribution in [0.5, 0.6) is 0 Å². The first kappa shape index (κ1) is 18.1. The summed E-state index contributed by atoms with van der Waals surface area (Å²) in [6.45, 7) is 0. The van der Waals surface area contributed by atoms with Crippen molar-refractivity contribution in [3.05, 3.63) is 95.3 Å². The Morgan fingerprint density at radius 1 is 1.14 bits per heavy atom. The maximum atomic E-state index is 13.1. The summed E-state index contributed by atoms with van der Waals surface area (Å²) in [4.78, 5) is 21.7. The second-order valence-electron chi connectivity index (χ2n) is 6.26. The Bertz CT molecular complexity index is 1090. The van der Waals surface area contributed by atoms with Gasteiger partial charge in [-0.05, 0) is 29.8 Å². The van der Waals surface area contributed by atoms with Gasteiger partial charge in [0.05, 0.1) is 0 Å². The van der Waals surface area contributed by atoms with Crippen molar-refractivity contribution in [1.82, 2.24) is 19.9 Å². The Kier molecular flexibility index (Phi) is 4.99. The number of aromatic nitrogens is 3. The molecule has 1 N–H and O–H groups in total. The molecule has 4 rings (SSSR count). The number of imidazole rings is 1. The molecule has 0 radical (unpaired) electrons. The zero-order valence-electron chi connectivity index (χ0n) is 15.0. The van der Waals surface area contributed by atoms with Crippen LogP contribution in [0.4, 0.5) is 4.39 Å². The third-order valence-corrected chi connectivity index (χ3v) is 5.24. The van der Waals surface area contributed by atoms with Crippen molar-refractivity contribution in [1.29, 1.82) is 0 Å². The van der Waals surface area contributed by atoms with Gasteiger partial charge < -0.3 is 9.88 Å². The minimum atomic E-state index is -0.398. The van der Waals surface area contributed by atoms with Gasteiger partial charge in [-0.15, -0.1) is 11.3 Å². The van der Waals surface area contributed by atoms with E-state index in [1.807, 2.05) is 48.1 Å². The fourth-order valence-electron chi connectivity index (χ4n) is 2.91. The van der Waals surface area contributed by atoms with E-state index in [1.54, 1.807) is 23.7 Å². The van der Waals surface area contributed by atoms with E-state index in [-0.39, 0.29) is 11.7 Å². The predicted molar refractivity (Wildman–Crippen MR) is 106 cm³/mol. The summed E-state index contributed by atoms with van der Waals surface area (Å²) >= 11 is 1.35. The van der Waals surface area contributed by atoms with Gasteiger partial charge >= 0.3 is 0 Å². The summed E-state index contributed by atoms with van der Waals surface area (Å²) in [6, 6.07) is 15.3. The lowest BCUT2D eigenvalue weighted by atomic mass is 10.1. The second-order valence-corrected chi connectivity index (χ2v) is 7.12. The molecule has 2 heterocycles. The normalized spacial score (nSPS) is 11.9. The van der Waals surface area contributed by atoms with Crippen LogP contribution in [-0.2, 0) is 7.05 Å². The molecule has 0 aliphatic heterocycles. The van der Waals surface area contributed by atoms with E-state index in [1.165, 1.54) is 23.5 Å². The fourth-order valence-corrected chi connectivity index (χ4v) is 3.71. The average molecular weight is 392 g/mol. The first-order valence-corrected chi connectivity index (χ1v) is 9.54. The van der Waals surface area contributed by atoms with Crippen LogP contribution in [0, 0.1) is 5.82 Å². The highest BCUT2D eigenvalue weighted by atomic mass is 32.1. The number of carbonyl (C=O) groups is 1. The summed E-state index contributed by atoms with van der Waals surface area (Å²) in [5, 5.41) is 5.40. The van der Waals surface area contributed by atoms with Gasteiger partial charge in [0.2, 0.25) is 0 Å². The van der Waals surface area contributed by atoms with E-state index in [9.17, 15) is 9.18 Å². The van der Waals surface area contributed by atoms with Crippen LogP contribution in [0.25, 0.3) is 10.6 Å². The number of amides is 1. The molecule has 0 spiro atoms. The predicted octanol–water partition coefficient (Wildman–Crippen LogP) is 4.20. The van der Waals surface area contributed by atoms with Crippen molar-refractivity contribution in [3.63, 3.8) is 0 Å². The van der Waals surface area contributed by atoms with E-state index >= 15 is 0 Å². The molecule has 2 aromatic carbocycles. The molecule has 0 fully saturated rings. The third-order valence-electron chi connectivity index (χ3n) is 4.35. The van der Waals surface area contributed by atoms with Gasteiger partial charge in [0.15, 0.2) is 0 Å². The highest BCUT2D eigenvalue weighted by molar-refractivity contribution is 7.13. The van der Waals surface area contributed by atoms with Crippen molar-refractivity contribution in [2.45, 2.75) is 6.04 Å². The number of hydrogen-bond donors (Lipinski definition) is 1. The van der Waals surface area contributed by atoms with E-state index in [4.69, 9.17) is 0 Å². The van der Waals surface area contributed by atoms with E-state index in [2.05, 4.69) is 15.3 Å². The Morgan fingerprint density at radius 3 is 2.57 bits per heavy atom. The molecule has 4 aromatic rings. The first-order valence-electron chi connectivity index (χ1n) is 8.66. The van der Waals surface area contributed by atoms with E-state index in [0.717, 1.165) is 17.0 Å². The van der Waals surface area contributed by atoms with Crippen LogP contribution in [-0.4, -0.2) is 20.4 Å². The lowest BCUT2D eigenvalue weighted by Gasteiger charge is -2.18. The summed E-state index contributed by atoms with van der Waals surface area (Å²) in [5.41, 5.74) is 2.02. The zero-order valence-corrected chi connectivity index (χ0v) is 15.9. The molecule has 0 aliphatic carbocycles. The maximum Gasteiger partial charge on any atom is 0.271 e. The second kappa shape index (κ2) is 7.74. The monoisotopic (exact) mass is 392 g/mol. The first-order chi connectivity index (χ1) is 13.6. The third kappa shape index (κ3) is 3.70. The average Bonchev–Trinajstić information content (AvgIpc) is 3.37. The Balaban J connectivity index is 1.60. The van der Waals surface area contributed by atoms with Gasteiger partial charge in [-0.25, -0.2) is 14.4 Å². The standard InChI is InChI=1S/C21H17FN4OS/c1-26-12-11-23-19(26)18(14-5-3-2-4-6-14)25-20(27)17-13-28-21(24-17)15-7-9-16(22)10-8-15/h2-13,18H,1H3,(H,25,27).